The van der Waals surface area contributed by atoms with E-state index in [0.29, 0.717) is 12.1 Å². The smallest absolute Gasteiger partial charge is 0.316 e. The summed E-state index contributed by atoms with van der Waals surface area (Å²) in [6.07, 6.45) is -3.59. The zero-order chi connectivity index (χ0) is 11.8. The van der Waals surface area contributed by atoms with E-state index in [1.807, 2.05) is 0 Å². The van der Waals surface area contributed by atoms with Crippen molar-refractivity contribution in [1.82, 2.24) is 5.32 Å². The Hall–Kier alpha value is -0.740. The van der Waals surface area contributed by atoms with Gasteiger partial charge in [-0.2, -0.15) is 13.2 Å². The van der Waals surface area contributed by atoms with Crippen molar-refractivity contribution in [3.8, 4) is 0 Å². The molecule has 16 heavy (non-hydrogen) atoms. The normalized spacial score (nSPS) is 21.4. The van der Waals surface area contributed by atoms with Gasteiger partial charge in [-0.3, -0.25) is 0 Å². The van der Waals surface area contributed by atoms with Crippen LogP contribution >= 0.6 is 11.6 Å². The quantitative estimate of drug-likeness (QED) is 0.804. The third-order valence-corrected chi connectivity index (χ3v) is 3.06. The molecule has 0 radical (unpaired) electrons. The van der Waals surface area contributed by atoms with Crippen molar-refractivity contribution >= 4 is 11.6 Å². The summed E-state index contributed by atoms with van der Waals surface area (Å²) in [6, 6.07) is 4.02. The largest absolute Gasteiger partial charge is 0.416 e. The molecule has 1 aliphatic heterocycles. The Morgan fingerprint density at radius 1 is 1.31 bits per heavy atom. The average molecular weight is 250 g/mol. The Morgan fingerprint density at radius 3 is 2.62 bits per heavy atom. The first-order chi connectivity index (χ1) is 7.48. The third kappa shape index (κ3) is 2.33. The van der Waals surface area contributed by atoms with E-state index in [1.165, 1.54) is 12.1 Å². The first-order valence-corrected chi connectivity index (χ1v) is 5.43. The Morgan fingerprint density at radius 2 is 2.06 bits per heavy atom. The summed E-state index contributed by atoms with van der Waals surface area (Å²) >= 11 is 5.61. The summed E-state index contributed by atoms with van der Waals surface area (Å²) in [4.78, 5) is 0. The van der Waals surface area contributed by atoms with E-state index in [0.717, 1.165) is 19.0 Å². The Balaban J connectivity index is 2.43. The predicted molar refractivity (Wildman–Crippen MR) is 56.7 cm³/mol. The van der Waals surface area contributed by atoms with Gasteiger partial charge in [0, 0.05) is 11.6 Å². The number of hydrogen-bond donors (Lipinski definition) is 1. The van der Waals surface area contributed by atoms with Gasteiger partial charge >= 0.3 is 6.18 Å². The SMILES string of the molecule is FC(F)(F)c1cc(Cl)ccc1C1CCNC1. The van der Waals surface area contributed by atoms with Crippen molar-refractivity contribution in [2.24, 2.45) is 0 Å². The Kier molecular flexibility index (Phi) is 3.13. The maximum atomic E-state index is 12.8. The highest BCUT2D eigenvalue weighted by Crippen LogP contribution is 2.38. The van der Waals surface area contributed by atoms with E-state index in [9.17, 15) is 13.2 Å². The zero-order valence-corrected chi connectivity index (χ0v) is 9.20. The molecule has 1 N–H and O–H groups in total. The number of benzene rings is 1. The minimum atomic E-state index is -4.33. The number of halogens is 4. The van der Waals surface area contributed by atoms with Crippen molar-refractivity contribution in [2.45, 2.75) is 18.5 Å². The molecule has 0 amide bonds. The van der Waals surface area contributed by atoms with Gasteiger partial charge in [0.05, 0.1) is 5.56 Å². The number of alkyl halides is 3. The Labute approximate surface area is 96.6 Å². The fourth-order valence-electron chi connectivity index (χ4n) is 2.05. The van der Waals surface area contributed by atoms with Crippen LogP contribution < -0.4 is 5.32 Å². The van der Waals surface area contributed by atoms with Crippen LogP contribution in [-0.4, -0.2) is 13.1 Å². The molecular weight excluding hydrogens is 239 g/mol. The van der Waals surface area contributed by atoms with Crippen LogP contribution in [0.3, 0.4) is 0 Å². The molecule has 0 bridgehead atoms. The van der Waals surface area contributed by atoms with E-state index >= 15 is 0 Å². The van der Waals surface area contributed by atoms with Crippen LogP contribution in [0.15, 0.2) is 18.2 Å². The molecule has 0 aromatic heterocycles. The van der Waals surface area contributed by atoms with Crippen molar-refractivity contribution in [3.63, 3.8) is 0 Å². The summed E-state index contributed by atoms with van der Waals surface area (Å²) in [5.74, 6) is -0.0612. The van der Waals surface area contributed by atoms with E-state index in [-0.39, 0.29) is 10.9 Å². The molecule has 0 aliphatic carbocycles. The lowest BCUT2D eigenvalue weighted by molar-refractivity contribution is -0.138. The van der Waals surface area contributed by atoms with Crippen LogP contribution in [0.2, 0.25) is 5.02 Å². The molecule has 2 rings (SSSR count). The summed E-state index contributed by atoms with van der Waals surface area (Å²) in [7, 11) is 0. The average Bonchev–Trinajstić information content (AvgIpc) is 2.69. The summed E-state index contributed by atoms with van der Waals surface area (Å²) < 4.78 is 38.4. The van der Waals surface area contributed by atoms with Crippen molar-refractivity contribution < 1.29 is 13.2 Å². The predicted octanol–water partition coefficient (Wildman–Crippen LogP) is 3.44. The molecule has 1 aromatic rings. The van der Waals surface area contributed by atoms with Gasteiger partial charge in [0.25, 0.3) is 0 Å². The van der Waals surface area contributed by atoms with Crippen LogP contribution in [-0.2, 0) is 6.18 Å². The fourth-order valence-corrected chi connectivity index (χ4v) is 2.22. The maximum absolute atomic E-state index is 12.8. The van der Waals surface area contributed by atoms with Crippen LogP contribution in [0.4, 0.5) is 13.2 Å². The van der Waals surface area contributed by atoms with Crippen LogP contribution in [0.5, 0.6) is 0 Å². The molecule has 1 atom stereocenters. The van der Waals surface area contributed by atoms with E-state index in [2.05, 4.69) is 5.32 Å². The first kappa shape index (κ1) is 11.7. The molecular formula is C11H11ClF3N. The van der Waals surface area contributed by atoms with Gasteiger partial charge in [-0.1, -0.05) is 17.7 Å². The molecule has 1 saturated heterocycles. The summed E-state index contributed by atoms with van der Waals surface area (Å²) in [5.41, 5.74) is -0.254. The standard InChI is InChI=1S/C11H11ClF3N/c12-8-1-2-9(7-3-4-16-6-7)10(5-8)11(13,14)15/h1-2,5,7,16H,3-4,6H2. The number of hydrogen-bond acceptors (Lipinski definition) is 1. The summed E-state index contributed by atoms with van der Waals surface area (Å²) in [5, 5.41) is 3.19. The number of rotatable bonds is 1. The lowest BCUT2D eigenvalue weighted by Gasteiger charge is -2.17. The second-order valence-corrected chi connectivity index (χ2v) is 4.36. The summed E-state index contributed by atoms with van der Waals surface area (Å²) in [6.45, 7) is 1.37. The highest BCUT2D eigenvalue weighted by atomic mass is 35.5. The number of nitrogens with one attached hydrogen (secondary N) is 1. The van der Waals surface area contributed by atoms with E-state index in [1.54, 1.807) is 0 Å². The van der Waals surface area contributed by atoms with Gasteiger partial charge < -0.3 is 5.32 Å². The van der Waals surface area contributed by atoms with E-state index < -0.39 is 11.7 Å². The van der Waals surface area contributed by atoms with Gasteiger partial charge in [-0.25, -0.2) is 0 Å². The molecule has 0 spiro atoms. The molecule has 5 heteroatoms. The van der Waals surface area contributed by atoms with Crippen molar-refractivity contribution in [3.05, 3.63) is 34.3 Å². The second-order valence-electron chi connectivity index (χ2n) is 3.92. The van der Waals surface area contributed by atoms with Gasteiger partial charge in [0.1, 0.15) is 0 Å². The van der Waals surface area contributed by atoms with Gasteiger partial charge in [0.2, 0.25) is 0 Å². The van der Waals surface area contributed by atoms with Crippen molar-refractivity contribution in [1.29, 1.82) is 0 Å². The lowest BCUT2D eigenvalue weighted by Crippen LogP contribution is -2.14. The van der Waals surface area contributed by atoms with Gasteiger partial charge in [-0.15, -0.1) is 0 Å². The second kappa shape index (κ2) is 4.26. The maximum Gasteiger partial charge on any atom is 0.416 e. The van der Waals surface area contributed by atoms with E-state index in [4.69, 9.17) is 11.6 Å². The fraction of sp³-hybridized carbons (Fsp3) is 0.455. The van der Waals surface area contributed by atoms with Gasteiger partial charge in [0.15, 0.2) is 0 Å². The zero-order valence-electron chi connectivity index (χ0n) is 8.44. The minimum Gasteiger partial charge on any atom is -0.316 e. The molecule has 1 nitrogen and oxygen atoms in total. The lowest BCUT2D eigenvalue weighted by atomic mass is 9.93. The monoisotopic (exact) mass is 249 g/mol. The highest BCUT2D eigenvalue weighted by molar-refractivity contribution is 6.30. The molecule has 1 fully saturated rings. The van der Waals surface area contributed by atoms with Crippen molar-refractivity contribution in [2.75, 3.05) is 13.1 Å². The molecule has 1 heterocycles. The molecule has 1 unspecified atom stereocenters. The molecule has 1 aliphatic rings. The molecule has 1 aromatic carbocycles. The van der Waals surface area contributed by atoms with Crippen LogP contribution in [0.25, 0.3) is 0 Å². The van der Waals surface area contributed by atoms with Crippen LogP contribution in [0, 0.1) is 0 Å². The first-order valence-electron chi connectivity index (χ1n) is 5.06. The topological polar surface area (TPSA) is 12.0 Å². The van der Waals surface area contributed by atoms with Crippen LogP contribution in [0.1, 0.15) is 23.5 Å². The molecule has 0 saturated carbocycles. The Bertz CT molecular complexity index is 383. The van der Waals surface area contributed by atoms with Gasteiger partial charge in [-0.05, 0) is 36.6 Å². The third-order valence-electron chi connectivity index (χ3n) is 2.82. The minimum absolute atomic E-state index is 0.0612. The highest BCUT2D eigenvalue weighted by Gasteiger charge is 2.35. The molecule has 88 valence electrons.